The van der Waals surface area contributed by atoms with Gasteiger partial charge in [-0.05, 0) is 51.4 Å². The number of quaternary nitrogens is 2. The van der Waals surface area contributed by atoms with Crippen molar-refractivity contribution >= 4 is 0 Å². The highest BCUT2D eigenvalue weighted by molar-refractivity contribution is 4.51. The Kier molecular flexibility index (Phi) is 36.1. The van der Waals surface area contributed by atoms with Crippen LogP contribution in [0.3, 0.4) is 0 Å². The molecule has 0 aromatic heterocycles. The Labute approximate surface area is 270 Å². The van der Waals surface area contributed by atoms with E-state index in [1.54, 1.807) is 0 Å². The highest BCUT2D eigenvalue weighted by Crippen LogP contribution is 2.15. The Morgan fingerprint density at radius 3 is 0.590 bits per heavy atom. The lowest BCUT2D eigenvalue weighted by Crippen LogP contribution is -3.00. The Hall–Kier alpha value is 0.880. The molecular formula is C35H76Br2N2. The Bertz CT molecular complexity index is 414. The van der Waals surface area contributed by atoms with Crippen molar-refractivity contribution < 1.29 is 42.9 Å². The van der Waals surface area contributed by atoms with Crippen molar-refractivity contribution in [2.24, 2.45) is 0 Å². The van der Waals surface area contributed by atoms with Gasteiger partial charge in [0.15, 0.2) is 0 Å². The Morgan fingerprint density at radius 1 is 0.256 bits per heavy atom. The minimum absolute atomic E-state index is 0. The number of hydrogen-bond acceptors (Lipinski definition) is 0. The molecule has 0 aliphatic heterocycles. The fourth-order valence-electron chi connectivity index (χ4n) is 5.89. The van der Waals surface area contributed by atoms with Gasteiger partial charge in [0.2, 0.25) is 0 Å². The molecule has 0 spiro atoms. The standard InChI is InChI=1S/C35H76N2.2BrH/c1-7-9-11-13-15-17-19-21-24-28-32-36(3,4)34-30-26-23-27-31-35-37(5,6)33-29-25-22-20-18-16-14-12-10-8-2;;/h7-35H2,1-6H3;2*1H/q+2;;/p-2. The van der Waals surface area contributed by atoms with Crippen LogP contribution in [0.15, 0.2) is 0 Å². The van der Waals surface area contributed by atoms with Crippen molar-refractivity contribution in [2.45, 2.75) is 174 Å². The molecule has 4 heteroatoms. The molecule has 0 unspecified atom stereocenters. The van der Waals surface area contributed by atoms with Crippen LogP contribution in [0.1, 0.15) is 174 Å². The van der Waals surface area contributed by atoms with E-state index in [-0.39, 0.29) is 34.0 Å². The largest absolute Gasteiger partial charge is 1.00 e. The second-order valence-electron chi connectivity index (χ2n) is 13.9. The average Bonchev–Trinajstić information content (AvgIpc) is 2.85. The third-order valence-electron chi connectivity index (χ3n) is 8.76. The molecule has 0 aromatic carbocycles. The Balaban J connectivity index is -0.00000648. The zero-order valence-corrected chi connectivity index (χ0v) is 31.3. The van der Waals surface area contributed by atoms with E-state index in [1.165, 1.54) is 196 Å². The maximum atomic E-state index is 2.46. The van der Waals surface area contributed by atoms with Gasteiger partial charge < -0.3 is 42.9 Å². The molecule has 0 radical (unpaired) electrons. The van der Waals surface area contributed by atoms with Gasteiger partial charge in [-0.25, -0.2) is 0 Å². The summed E-state index contributed by atoms with van der Waals surface area (Å²) in [6, 6.07) is 0. The summed E-state index contributed by atoms with van der Waals surface area (Å²) in [5.41, 5.74) is 0. The van der Waals surface area contributed by atoms with Crippen LogP contribution in [0, 0.1) is 0 Å². The number of halogens is 2. The van der Waals surface area contributed by atoms with Crippen molar-refractivity contribution in [2.75, 3.05) is 54.4 Å². The highest BCUT2D eigenvalue weighted by atomic mass is 79.9. The van der Waals surface area contributed by atoms with E-state index in [9.17, 15) is 0 Å². The summed E-state index contributed by atoms with van der Waals surface area (Å²) in [4.78, 5) is 0. The van der Waals surface area contributed by atoms with E-state index >= 15 is 0 Å². The minimum atomic E-state index is 0. The summed E-state index contributed by atoms with van der Waals surface area (Å²) in [5, 5.41) is 0. The van der Waals surface area contributed by atoms with E-state index in [0.717, 1.165) is 0 Å². The smallest absolute Gasteiger partial charge is 0.0782 e. The fourth-order valence-corrected chi connectivity index (χ4v) is 5.89. The summed E-state index contributed by atoms with van der Waals surface area (Å²) >= 11 is 0. The lowest BCUT2D eigenvalue weighted by Gasteiger charge is -2.30. The predicted molar refractivity (Wildman–Crippen MR) is 170 cm³/mol. The van der Waals surface area contributed by atoms with E-state index in [0.29, 0.717) is 0 Å². The molecule has 0 aliphatic rings. The second-order valence-corrected chi connectivity index (χ2v) is 13.9. The van der Waals surface area contributed by atoms with Crippen LogP contribution in [0.25, 0.3) is 0 Å². The monoisotopic (exact) mass is 682 g/mol. The van der Waals surface area contributed by atoms with Crippen LogP contribution < -0.4 is 34.0 Å². The van der Waals surface area contributed by atoms with Crippen LogP contribution in [0.2, 0.25) is 0 Å². The predicted octanol–water partition coefficient (Wildman–Crippen LogP) is 4.94. The molecule has 0 saturated heterocycles. The van der Waals surface area contributed by atoms with Gasteiger partial charge in [-0.2, -0.15) is 0 Å². The fraction of sp³-hybridized carbons (Fsp3) is 1.00. The SMILES string of the molecule is CCCCCCCCCCCC[N+](C)(C)CCCCCCC[N+](C)(C)CCCCCCCCCCCC.[Br-].[Br-]. The van der Waals surface area contributed by atoms with Crippen molar-refractivity contribution in [3.63, 3.8) is 0 Å². The van der Waals surface area contributed by atoms with Crippen LogP contribution in [0.4, 0.5) is 0 Å². The van der Waals surface area contributed by atoms with Gasteiger partial charge in [-0.3, -0.25) is 0 Å². The topological polar surface area (TPSA) is 0 Å². The lowest BCUT2D eigenvalue weighted by atomic mass is 10.1. The minimum Gasteiger partial charge on any atom is -1.00 e. The lowest BCUT2D eigenvalue weighted by molar-refractivity contribution is -0.891. The van der Waals surface area contributed by atoms with Gasteiger partial charge in [-0.15, -0.1) is 0 Å². The van der Waals surface area contributed by atoms with Crippen LogP contribution in [-0.2, 0) is 0 Å². The average molecular weight is 685 g/mol. The highest BCUT2D eigenvalue weighted by Gasteiger charge is 2.15. The van der Waals surface area contributed by atoms with Gasteiger partial charge in [0.05, 0.1) is 54.4 Å². The maximum Gasteiger partial charge on any atom is 0.0782 e. The third-order valence-corrected chi connectivity index (χ3v) is 8.76. The summed E-state index contributed by atoms with van der Waals surface area (Å²) in [6.07, 6.45) is 36.1. The van der Waals surface area contributed by atoms with Gasteiger partial charge in [0, 0.05) is 0 Å². The molecule has 0 aliphatic carbocycles. The second kappa shape index (κ2) is 31.8. The molecule has 0 N–H and O–H groups in total. The molecule has 0 rings (SSSR count). The molecule has 0 atom stereocenters. The van der Waals surface area contributed by atoms with Crippen molar-refractivity contribution in [3.8, 4) is 0 Å². The van der Waals surface area contributed by atoms with Gasteiger partial charge in [0.25, 0.3) is 0 Å². The normalized spacial score (nSPS) is 11.8. The van der Waals surface area contributed by atoms with Crippen LogP contribution in [0.5, 0.6) is 0 Å². The van der Waals surface area contributed by atoms with E-state index in [1.807, 2.05) is 0 Å². The van der Waals surface area contributed by atoms with E-state index in [4.69, 9.17) is 0 Å². The maximum absolute atomic E-state index is 2.46. The molecule has 0 heterocycles. The number of nitrogens with zero attached hydrogens (tertiary/aromatic N) is 2. The van der Waals surface area contributed by atoms with Crippen LogP contribution >= 0.6 is 0 Å². The summed E-state index contributed by atoms with van der Waals surface area (Å²) in [5.74, 6) is 0. The molecule has 0 bridgehead atoms. The molecule has 0 fully saturated rings. The summed E-state index contributed by atoms with van der Waals surface area (Å²) in [6.45, 7) is 10.1. The van der Waals surface area contributed by atoms with Crippen molar-refractivity contribution in [1.82, 2.24) is 0 Å². The first-order valence-corrected chi connectivity index (χ1v) is 17.5. The molecule has 0 saturated carbocycles. The van der Waals surface area contributed by atoms with Gasteiger partial charge in [-0.1, -0.05) is 123 Å². The number of hydrogen-bond donors (Lipinski definition) is 0. The zero-order valence-electron chi connectivity index (χ0n) is 28.2. The quantitative estimate of drug-likeness (QED) is 0.0744. The molecule has 0 aromatic rings. The van der Waals surface area contributed by atoms with Crippen LogP contribution in [-0.4, -0.2) is 63.3 Å². The first-order valence-electron chi connectivity index (χ1n) is 17.5. The Morgan fingerprint density at radius 2 is 0.410 bits per heavy atom. The molecule has 240 valence electrons. The van der Waals surface area contributed by atoms with Crippen molar-refractivity contribution in [1.29, 1.82) is 0 Å². The first kappa shape index (κ1) is 44.3. The van der Waals surface area contributed by atoms with Crippen molar-refractivity contribution in [3.05, 3.63) is 0 Å². The number of unbranched alkanes of at least 4 members (excludes halogenated alkanes) is 22. The summed E-state index contributed by atoms with van der Waals surface area (Å²) in [7, 11) is 9.84. The molecule has 0 amide bonds. The zero-order chi connectivity index (χ0) is 27.5. The molecular weight excluding hydrogens is 608 g/mol. The van der Waals surface area contributed by atoms with Gasteiger partial charge in [0.1, 0.15) is 0 Å². The molecule has 2 nitrogen and oxygen atoms in total. The van der Waals surface area contributed by atoms with E-state index < -0.39 is 0 Å². The third kappa shape index (κ3) is 35.0. The first-order chi connectivity index (χ1) is 17.8. The van der Waals surface area contributed by atoms with E-state index in [2.05, 4.69) is 42.0 Å². The number of rotatable bonds is 30. The molecule has 39 heavy (non-hydrogen) atoms. The van der Waals surface area contributed by atoms with Gasteiger partial charge >= 0.3 is 0 Å². The summed E-state index contributed by atoms with van der Waals surface area (Å²) < 4.78 is 2.47.